The molecule has 1 atom stereocenters. The number of benzene rings is 1. The molecule has 4 nitrogen and oxygen atoms in total. The normalized spacial score (nSPS) is 19.8. The molecule has 1 fully saturated rings. The topological polar surface area (TPSA) is 55.7 Å². The van der Waals surface area contributed by atoms with Crippen molar-refractivity contribution in [3.05, 3.63) is 29.6 Å². The summed E-state index contributed by atoms with van der Waals surface area (Å²) in [5, 5.41) is 8.94. The van der Waals surface area contributed by atoms with Crippen LogP contribution in [0, 0.1) is 17.2 Å². The van der Waals surface area contributed by atoms with Crippen LogP contribution in [0.4, 0.5) is 0 Å². The van der Waals surface area contributed by atoms with Gasteiger partial charge in [-0.3, -0.25) is 0 Å². The molecule has 1 N–H and O–H groups in total. The zero-order valence-corrected chi connectivity index (χ0v) is 12.1. The Morgan fingerprint density at radius 3 is 3.10 bits per heavy atom. The molecule has 0 bridgehead atoms. The summed E-state index contributed by atoms with van der Waals surface area (Å²) >= 11 is 0. The summed E-state index contributed by atoms with van der Waals surface area (Å²) in [6.07, 6.45) is 1.16. The van der Waals surface area contributed by atoms with E-state index in [1.54, 1.807) is 0 Å². The Morgan fingerprint density at radius 2 is 2.35 bits per heavy atom. The molecule has 2 heterocycles. The molecule has 1 aromatic carbocycles. The quantitative estimate of drug-likeness (QED) is 0.931. The molecule has 0 saturated carbocycles. The maximum atomic E-state index is 8.94. The lowest BCUT2D eigenvalue weighted by atomic mass is 10.1. The van der Waals surface area contributed by atoms with E-state index >= 15 is 0 Å². The fourth-order valence-electron chi connectivity index (χ4n) is 3.03. The first kappa shape index (κ1) is 13.1. The third-order valence-electron chi connectivity index (χ3n) is 3.91. The van der Waals surface area contributed by atoms with Crippen LogP contribution in [0.1, 0.15) is 37.6 Å². The number of H-pyrrole nitrogens is 1. The predicted molar refractivity (Wildman–Crippen MR) is 79.4 cm³/mol. The minimum atomic E-state index is 0.492. The van der Waals surface area contributed by atoms with Crippen LogP contribution in [-0.2, 0) is 0 Å². The average molecular weight is 268 g/mol. The lowest BCUT2D eigenvalue weighted by Gasteiger charge is -2.17. The van der Waals surface area contributed by atoms with E-state index in [1.807, 2.05) is 18.2 Å². The lowest BCUT2D eigenvalue weighted by Crippen LogP contribution is -2.25. The molecule has 0 radical (unpaired) electrons. The predicted octanol–water partition coefficient (Wildman–Crippen LogP) is 2.88. The van der Waals surface area contributed by atoms with Gasteiger partial charge in [-0.1, -0.05) is 13.8 Å². The third kappa shape index (κ3) is 2.54. The Kier molecular flexibility index (Phi) is 3.45. The van der Waals surface area contributed by atoms with Crippen LogP contribution >= 0.6 is 0 Å². The van der Waals surface area contributed by atoms with Crippen LogP contribution < -0.4 is 0 Å². The first-order valence-corrected chi connectivity index (χ1v) is 7.28. The van der Waals surface area contributed by atoms with Crippen molar-refractivity contribution in [2.45, 2.75) is 26.2 Å². The molecule has 1 saturated heterocycles. The Balaban J connectivity index is 1.80. The van der Waals surface area contributed by atoms with Gasteiger partial charge in [0.05, 0.1) is 22.7 Å². The van der Waals surface area contributed by atoms with E-state index in [0.717, 1.165) is 42.9 Å². The van der Waals surface area contributed by atoms with Gasteiger partial charge in [0.15, 0.2) is 0 Å². The van der Waals surface area contributed by atoms with Crippen molar-refractivity contribution >= 4 is 11.0 Å². The van der Waals surface area contributed by atoms with Gasteiger partial charge in [0, 0.05) is 19.0 Å². The molecular formula is C16H20N4. The maximum absolute atomic E-state index is 8.94. The van der Waals surface area contributed by atoms with Gasteiger partial charge >= 0.3 is 0 Å². The number of nitriles is 1. The molecule has 0 spiro atoms. The number of rotatable bonds is 3. The summed E-state index contributed by atoms with van der Waals surface area (Å²) in [6, 6.07) is 7.80. The molecule has 104 valence electrons. The highest BCUT2D eigenvalue weighted by Gasteiger charge is 2.26. The van der Waals surface area contributed by atoms with E-state index < -0.39 is 0 Å². The van der Waals surface area contributed by atoms with E-state index in [1.165, 1.54) is 0 Å². The summed E-state index contributed by atoms with van der Waals surface area (Å²) in [5.74, 6) is 2.27. The highest BCUT2D eigenvalue weighted by Crippen LogP contribution is 2.27. The number of aromatic amines is 1. The molecule has 1 aliphatic rings. The van der Waals surface area contributed by atoms with Gasteiger partial charge in [0.2, 0.25) is 0 Å². The number of hydrogen-bond acceptors (Lipinski definition) is 3. The van der Waals surface area contributed by atoms with Gasteiger partial charge in [-0.2, -0.15) is 5.26 Å². The molecule has 2 aromatic rings. The summed E-state index contributed by atoms with van der Waals surface area (Å²) < 4.78 is 0. The number of hydrogen-bond donors (Lipinski definition) is 1. The number of nitrogens with one attached hydrogen (secondary N) is 1. The van der Waals surface area contributed by atoms with Crippen molar-refractivity contribution in [1.82, 2.24) is 14.9 Å². The molecule has 0 amide bonds. The zero-order valence-electron chi connectivity index (χ0n) is 12.1. The number of fused-ring (bicyclic) bond motifs is 1. The minimum Gasteiger partial charge on any atom is -0.342 e. The molecule has 4 heteroatoms. The van der Waals surface area contributed by atoms with E-state index in [0.29, 0.717) is 17.4 Å². The zero-order chi connectivity index (χ0) is 14.1. The molecular weight excluding hydrogens is 248 g/mol. The van der Waals surface area contributed by atoms with Crippen LogP contribution in [0.2, 0.25) is 0 Å². The summed E-state index contributed by atoms with van der Waals surface area (Å²) in [7, 11) is 0. The number of imidazole rings is 1. The van der Waals surface area contributed by atoms with E-state index in [9.17, 15) is 0 Å². The second-order valence-electron chi connectivity index (χ2n) is 6.10. The van der Waals surface area contributed by atoms with Gasteiger partial charge in [-0.05, 0) is 37.1 Å². The van der Waals surface area contributed by atoms with E-state index in [-0.39, 0.29) is 0 Å². The van der Waals surface area contributed by atoms with E-state index in [4.69, 9.17) is 10.2 Å². The molecule has 20 heavy (non-hydrogen) atoms. The molecule has 3 rings (SSSR count). The van der Waals surface area contributed by atoms with Crippen molar-refractivity contribution in [2.75, 3.05) is 19.6 Å². The Hall–Kier alpha value is -1.86. The molecule has 0 aliphatic carbocycles. The van der Waals surface area contributed by atoms with Crippen LogP contribution in [0.25, 0.3) is 11.0 Å². The SMILES string of the molecule is CC(C)CN1CCC(c2nc3ccc(C#N)cc3[nH]2)C1. The fraction of sp³-hybridized carbons (Fsp3) is 0.500. The highest BCUT2D eigenvalue weighted by atomic mass is 15.2. The van der Waals surface area contributed by atoms with E-state index in [2.05, 4.69) is 29.8 Å². The second kappa shape index (κ2) is 5.26. The van der Waals surface area contributed by atoms with Crippen molar-refractivity contribution in [3.8, 4) is 6.07 Å². The fourth-order valence-corrected chi connectivity index (χ4v) is 3.03. The van der Waals surface area contributed by atoms with Gasteiger partial charge in [0.1, 0.15) is 5.82 Å². The van der Waals surface area contributed by atoms with Gasteiger partial charge in [0.25, 0.3) is 0 Å². The van der Waals surface area contributed by atoms with Gasteiger partial charge < -0.3 is 9.88 Å². The minimum absolute atomic E-state index is 0.492. The maximum Gasteiger partial charge on any atom is 0.111 e. The van der Waals surface area contributed by atoms with Gasteiger partial charge in [-0.15, -0.1) is 0 Å². The monoisotopic (exact) mass is 268 g/mol. The standard InChI is InChI=1S/C16H20N4/c1-11(2)9-20-6-5-13(10-20)16-18-14-4-3-12(8-17)7-15(14)19-16/h3-4,7,11,13H,5-6,9-10H2,1-2H3,(H,18,19). The Labute approximate surface area is 119 Å². The third-order valence-corrected chi connectivity index (χ3v) is 3.91. The number of aromatic nitrogens is 2. The smallest absolute Gasteiger partial charge is 0.111 e. The highest BCUT2D eigenvalue weighted by molar-refractivity contribution is 5.76. The lowest BCUT2D eigenvalue weighted by molar-refractivity contribution is 0.294. The number of nitrogens with zero attached hydrogens (tertiary/aromatic N) is 3. The molecule has 1 aliphatic heterocycles. The summed E-state index contributed by atoms with van der Waals surface area (Å²) in [4.78, 5) is 10.6. The Morgan fingerprint density at radius 1 is 1.50 bits per heavy atom. The van der Waals surface area contributed by atoms with Crippen LogP contribution in [0.5, 0.6) is 0 Å². The molecule has 1 unspecified atom stereocenters. The Bertz CT molecular complexity index is 650. The largest absolute Gasteiger partial charge is 0.342 e. The van der Waals surface area contributed by atoms with Crippen LogP contribution in [-0.4, -0.2) is 34.5 Å². The van der Waals surface area contributed by atoms with Gasteiger partial charge in [-0.25, -0.2) is 4.98 Å². The first-order chi connectivity index (χ1) is 9.65. The average Bonchev–Trinajstić information content (AvgIpc) is 3.02. The van der Waals surface area contributed by atoms with Crippen molar-refractivity contribution in [3.63, 3.8) is 0 Å². The number of likely N-dealkylation sites (tertiary alicyclic amines) is 1. The second-order valence-corrected chi connectivity index (χ2v) is 6.10. The van der Waals surface area contributed by atoms with Crippen LogP contribution in [0.15, 0.2) is 18.2 Å². The van der Waals surface area contributed by atoms with Crippen LogP contribution in [0.3, 0.4) is 0 Å². The van der Waals surface area contributed by atoms with Crippen molar-refractivity contribution in [2.24, 2.45) is 5.92 Å². The van der Waals surface area contributed by atoms with Crippen molar-refractivity contribution in [1.29, 1.82) is 5.26 Å². The first-order valence-electron chi connectivity index (χ1n) is 7.28. The van der Waals surface area contributed by atoms with Crippen molar-refractivity contribution < 1.29 is 0 Å². The summed E-state index contributed by atoms with van der Waals surface area (Å²) in [5.41, 5.74) is 2.61. The summed E-state index contributed by atoms with van der Waals surface area (Å²) in [6.45, 7) is 7.93. The molecule has 1 aromatic heterocycles.